The summed E-state index contributed by atoms with van der Waals surface area (Å²) in [6, 6.07) is -0.408. The minimum atomic E-state index is -0.891. The highest BCUT2D eigenvalue weighted by Crippen LogP contribution is 2.20. The maximum atomic E-state index is 11.3. The van der Waals surface area contributed by atoms with Gasteiger partial charge in [0.05, 0.1) is 12.1 Å². The first-order chi connectivity index (χ1) is 6.79. The lowest BCUT2D eigenvalue weighted by Crippen LogP contribution is -2.44. The summed E-state index contributed by atoms with van der Waals surface area (Å²) in [6.07, 6.45) is -1.12. The lowest BCUT2D eigenvalue weighted by molar-refractivity contribution is 0.0201. The second-order valence-corrected chi connectivity index (χ2v) is 4.89. The van der Waals surface area contributed by atoms with Crippen LogP contribution in [0.5, 0.6) is 0 Å². The van der Waals surface area contributed by atoms with Gasteiger partial charge in [-0.1, -0.05) is 0 Å². The molecule has 0 spiro atoms. The highest BCUT2D eigenvalue weighted by Gasteiger charge is 2.35. The molecular formula is C10H19NO4. The van der Waals surface area contributed by atoms with E-state index in [2.05, 4.69) is 5.32 Å². The van der Waals surface area contributed by atoms with E-state index in [0.717, 1.165) is 0 Å². The van der Waals surface area contributed by atoms with Gasteiger partial charge < -0.3 is 20.3 Å². The van der Waals surface area contributed by atoms with E-state index in [1.165, 1.54) is 0 Å². The van der Waals surface area contributed by atoms with E-state index in [1.807, 2.05) is 0 Å². The first-order valence-corrected chi connectivity index (χ1v) is 5.15. The molecule has 0 radical (unpaired) electrons. The molecule has 1 aliphatic carbocycles. The van der Waals surface area contributed by atoms with Crippen LogP contribution in [0.15, 0.2) is 0 Å². The van der Waals surface area contributed by atoms with Crippen molar-refractivity contribution >= 4 is 6.09 Å². The first-order valence-electron chi connectivity index (χ1n) is 5.15. The van der Waals surface area contributed by atoms with Gasteiger partial charge in [-0.15, -0.1) is 0 Å². The standard InChI is InChI=1S/C10H19NO4/c1-10(2,3)15-9(14)11-6-4-5-7(12)8(6)13/h6-8,12-13H,4-5H2,1-3H3,(H,11,14)/t6-,7-,8+/m1/s1. The third kappa shape index (κ3) is 3.68. The van der Waals surface area contributed by atoms with E-state index in [1.54, 1.807) is 20.8 Å². The monoisotopic (exact) mass is 217 g/mol. The molecule has 1 fully saturated rings. The van der Waals surface area contributed by atoms with E-state index in [-0.39, 0.29) is 0 Å². The Labute approximate surface area is 89.4 Å². The van der Waals surface area contributed by atoms with Gasteiger partial charge in [0.2, 0.25) is 0 Å². The SMILES string of the molecule is CC(C)(C)OC(=O)N[C@@H]1CC[C@@H](O)[C@H]1O. The molecule has 1 saturated carbocycles. The van der Waals surface area contributed by atoms with Crippen LogP contribution in [-0.2, 0) is 4.74 Å². The molecule has 15 heavy (non-hydrogen) atoms. The molecule has 0 heterocycles. The molecule has 0 unspecified atom stereocenters. The number of amides is 1. The highest BCUT2D eigenvalue weighted by molar-refractivity contribution is 5.68. The molecular weight excluding hydrogens is 198 g/mol. The molecule has 88 valence electrons. The van der Waals surface area contributed by atoms with E-state index < -0.39 is 29.9 Å². The number of ether oxygens (including phenoxy) is 1. The van der Waals surface area contributed by atoms with Crippen molar-refractivity contribution in [2.75, 3.05) is 0 Å². The number of carbonyl (C=O) groups is 1. The number of aliphatic hydroxyl groups excluding tert-OH is 2. The van der Waals surface area contributed by atoms with Gasteiger partial charge in [-0.3, -0.25) is 0 Å². The number of hydrogen-bond acceptors (Lipinski definition) is 4. The molecule has 3 atom stereocenters. The van der Waals surface area contributed by atoms with Gasteiger partial charge in [0.25, 0.3) is 0 Å². The summed E-state index contributed by atoms with van der Waals surface area (Å²) in [5.41, 5.74) is -0.549. The summed E-state index contributed by atoms with van der Waals surface area (Å²) in [5.74, 6) is 0. The second kappa shape index (κ2) is 4.37. The average molecular weight is 217 g/mol. The molecule has 5 nitrogen and oxygen atoms in total. The summed E-state index contributed by atoms with van der Waals surface area (Å²) in [5, 5.41) is 21.3. The Bertz CT molecular complexity index is 236. The number of hydrogen-bond donors (Lipinski definition) is 3. The fourth-order valence-corrected chi connectivity index (χ4v) is 1.58. The molecule has 1 aliphatic rings. The smallest absolute Gasteiger partial charge is 0.407 e. The van der Waals surface area contributed by atoms with Crippen molar-refractivity contribution in [1.82, 2.24) is 5.32 Å². The molecule has 1 amide bonds. The molecule has 0 aromatic heterocycles. The third-order valence-corrected chi connectivity index (χ3v) is 2.28. The Hall–Kier alpha value is -0.810. The van der Waals surface area contributed by atoms with Crippen molar-refractivity contribution in [2.45, 2.75) is 57.5 Å². The van der Waals surface area contributed by atoms with Crippen molar-refractivity contribution < 1.29 is 19.7 Å². The van der Waals surface area contributed by atoms with Crippen LogP contribution in [0.3, 0.4) is 0 Å². The summed E-state index contributed by atoms with van der Waals surface area (Å²) in [4.78, 5) is 11.3. The third-order valence-electron chi connectivity index (χ3n) is 2.28. The van der Waals surface area contributed by atoms with Crippen LogP contribution < -0.4 is 5.32 Å². The predicted octanol–water partition coefficient (Wildman–Crippen LogP) is 0.395. The van der Waals surface area contributed by atoms with Crippen LogP contribution in [0.4, 0.5) is 4.79 Å². The van der Waals surface area contributed by atoms with Crippen molar-refractivity contribution in [3.8, 4) is 0 Å². The number of rotatable bonds is 1. The highest BCUT2D eigenvalue weighted by atomic mass is 16.6. The van der Waals surface area contributed by atoms with E-state index in [0.29, 0.717) is 12.8 Å². The Morgan fingerprint density at radius 2 is 1.93 bits per heavy atom. The van der Waals surface area contributed by atoms with Gasteiger partial charge in [-0.05, 0) is 33.6 Å². The Kier molecular flexibility index (Phi) is 3.57. The van der Waals surface area contributed by atoms with Crippen molar-refractivity contribution in [3.05, 3.63) is 0 Å². The van der Waals surface area contributed by atoms with Crippen LogP contribution in [0, 0.1) is 0 Å². The Balaban J connectivity index is 2.39. The largest absolute Gasteiger partial charge is 0.444 e. The van der Waals surface area contributed by atoms with Crippen molar-refractivity contribution in [1.29, 1.82) is 0 Å². The lowest BCUT2D eigenvalue weighted by Gasteiger charge is -2.23. The van der Waals surface area contributed by atoms with Crippen molar-refractivity contribution in [3.63, 3.8) is 0 Å². The zero-order chi connectivity index (χ0) is 11.6. The van der Waals surface area contributed by atoms with Gasteiger partial charge in [0, 0.05) is 0 Å². The Morgan fingerprint density at radius 3 is 2.33 bits per heavy atom. The van der Waals surface area contributed by atoms with Gasteiger partial charge in [0.1, 0.15) is 11.7 Å². The van der Waals surface area contributed by atoms with Crippen molar-refractivity contribution in [2.24, 2.45) is 0 Å². The number of carbonyl (C=O) groups excluding carboxylic acids is 1. The first kappa shape index (κ1) is 12.3. The summed E-state index contributed by atoms with van der Waals surface area (Å²) < 4.78 is 5.04. The minimum absolute atomic E-state index is 0.408. The normalized spacial score (nSPS) is 31.4. The zero-order valence-corrected chi connectivity index (χ0v) is 9.36. The molecule has 0 aromatic rings. The number of alkyl carbamates (subject to hydrolysis) is 1. The van der Waals surface area contributed by atoms with E-state index in [4.69, 9.17) is 4.74 Å². The van der Waals surface area contributed by atoms with Crippen LogP contribution in [0.1, 0.15) is 33.6 Å². The molecule has 0 aromatic carbocycles. The molecule has 0 aliphatic heterocycles. The van der Waals surface area contributed by atoms with Crippen LogP contribution in [0.25, 0.3) is 0 Å². The fourth-order valence-electron chi connectivity index (χ4n) is 1.58. The van der Waals surface area contributed by atoms with Crippen LogP contribution in [0.2, 0.25) is 0 Å². The van der Waals surface area contributed by atoms with Crippen LogP contribution >= 0.6 is 0 Å². The summed E-state index contributed by atoms with van der Waals surface area (Å²) in [6.45, 7) is 5.31. The lowest BCUT2D eigenvalue weighted by atomic mass is 10.2. The number of nitrogens with one attached hydrogen (secondary N) is 1. The molecule has 3 N–H and O–H groups in total. The van der Waals surface area contributed by atoms with Gasteiger partial charge >= 0.3 is 6.09 Å². The topological polar surface area (TPSA) is 78.8 Å². The molecule has 0 saturated heterocycles. The van der Waals surface area contributed by atoms with Crippen LogP contribution in [-0.4, -0.2) is 40.2 Å². The zero-order valence-electron chi connectivity index (χ0n) is 9.36. The molecule has 1 rings (SSSR count). The maximum absolute atomic E-state index is 11.3. The van der Waals surface area contributed by atoms with Gasteiger partial charge in [-0.2, -0.15) is 0 Å². The van der Waals surface area contributed by atoms with Gasteiger partial charge in [-0.25, -0.2) is 4.79 Å². The summed E-state index contributed by atoms with van der Waals surface area (Å²) >= 11 is 0. The second-order valence-electron chi connectivity index (χ2n) is 4.89. The van der Waals surface area contributed by atoms with E-state index in [9.17, 15) is 15.0 Å². The molecule has 0 bridgehead atoms. The molecule has 5 heteroatoms. The predicted molar refractivity (Wildman–Crippen MR) is 54.4 cm³/mol. The maximum Gasteiger partial charge on any atom is 0.407 e. The fraction of sp³-hybridized carbons (Fsp3) is 0.900. The quantitative estimate of drug-likeness (QED) is 0.594. The minimum Gasteiger partial charge on any atom is -0.444 e. The number of aliphatic hydroxyl groups is 2. The van der Waals surface area contributed by atoms with E-state index >= 15 is 0 Å². The average Bonchev–Trinajstić information content (AvgIpc) is 2.32. The summed E-state index contributed by atoms with van der Waals surface area (Å²) in [7, 11) is 0. The van der Waals surface area contributed by atoms with Gasteiger partial charge in [0.15, 0.2) is 0 Å². The Morgan fingerprint density at radius 1 is 1.33 bits per heavy atom.